The Morgan fingerprint density at radius 1 is 0.746 bits per heavy atom. The molecular weight excluding hydrogens is 768 g/mol. The molecule has 8 N–H and O–H groups in total. The van der Waals surface area contributed by atoms with Gasteiger partial charge in [0.15, 0.2) is 0 Å². The summed E-state index contributed by atoms with van der Waals surface area (Å²) in [5, 5.41) is 45.8. The van der Waals surface area contributed by atoms with Crippen LogP contribution in [0.25, 0.3) is 11.1 Å². The van der Waals surface area contributed by atoms with Crippen molar-refractivity contribution in [1.29, 1.82) is 0 Å². The van der Waals surface area contributed by atoms with Gasteiger partial charge >= 0.3 is 18.3 Å². The Morgan fingerprint density at radius 2 is 1.22 bits per heavy atom. The van der Waals surface area contributed by atoms with Crippen molar-refractivity contribution >= 4 is 36.0 Å². The molecule has 0 saturated heterocycles. The fourth-order valence-corrected chi connectivity index (χ4v) is 5.90. The molecular formula is C41H60N6O12. The number of fused-ring (bicyclic) bond motifs is 5. The van der Waals surface area contributed by atoms with E-state index in [1.165, 1.54) is 19.2 Å². The first-order chi connectivity index (χ1) is 27.2. The van der Waals surface area contributed by atoms with E-state index in [1.807, 2.05) is 0 Å². The Kier molecular flexibility index (Phi) is 16.0. The van der Waals surface area contributed by atoms with Crippen LogP contribution in [0.1, 0.15) is 79.9 Å². The van der Waals surface area contributed by atoms with E-state index in [4.69, 9.17) is 14.2 Å². The Bertz CT molecular complexity index is 1850. The first-order valence-corrected chi connectivity index (χ1v) is 19.3. The van der Waals surface area contributed by atoms with Crippen molar-refractivity contribution in [3.05, 3.63) is 47.5 Å². The molecule has 18 nitrogen and oxygen atoms in total. The normalized spacial score (nSPS) is 18.2. The van der Waals surface area contributed by atoms with Crippen LogP contribution in [0.3, 0.4) is 0 Å². The molecule has 6 amide bonds. The second-order valence-corrected chi connectivity index (χ2v) is 17.3. The largest absolute Gasteiger partial charge is 0.508 e. The number of benzene rings is 2. The van der Waals surface area contributed by atoms with Gasteiger partial charge in [-0.3, -0.25) is 14.4 Å². The molecule has 0 spiro atoms. The van der Waals surface area contributed by atoms with Crippen molar-refractivity contribution in [1.82, 2.24) is 31.5 Å². The maximum atomic E-state index is 14.5. The van der Waals surface area contributed by atoms with Crippen LogP contribution >= 0.6 is 0 Å². The van der Waals surface area contributed by atoms with E-state index in [0.29, 0.717) is 11.1 Å². The lowest BCUT2D eigenvalue weighted by Gasteiger charge is -2.32. The molecule has 0 fully saturated rings. The standard InChI is InChI=1S/C41H60N6O12/c1-39(2,3)57-36(54)43-16-15-42-34(52)30-20-26-18-24(12-14-32(26)50)23-11-13-31(49)25(17-23)19-28(46-38(56)59-41(7,8)9)33(51)45-29(35(53)47(30)10)21-27(48)22-44-37(55)58-40(4,5)6/h11-14,17-18,27-30,48-50H,15-16,19-22H2,1-10H3,(H,42,52)(H,43,54)(H,44,55)(H,45,51)(H,46,56)/t27-,28+,29+,30+/m1/s1. The zero-order valence-electron chi connectivity index (χ0n) is 35.5. The highest BCUT2D eigenvalue weighted by atomic mass is 16.6. The van der Waals surface area contributed by atoms with E-state index in [-0.39, 0.29) is 48.6 Å². The smallest absolute Gasteiger partial charge is 0.408 e. The van der Waals surface area contributed by atoms with Gasteiger partial charge in [-0.1, -0.05) is 12.1 Å². The molecule has 1 aliphatic heterocycles. The zero-order valence-corrected chi connectivity index (χ0v) is 35.5. The highest BCUT2D eigenvalue weighted by Gasteiger charge is 2.36. The van der Waals surface area contributed by atoms with Crippen LogP contribution in [-0.2, 0) is 41.4 Å². The summed E-state index contributed by atoms with van der Waals surface area (Å²) in [4.78, 5) is 81.4. The van der Waals surface area contributed by atoms with Crippen molar-refractivity contribution in [2.24, 2.45) is 0 Å². The molecule has 0 aromatic heterocycles. The van der Waals surface area contributed by atoms with E-state index < -0.39 is 90.0 Å². The maximum Gasteiger partial charge on any atom is 0.408 e. The number of hydrogen-bond acceptors (Lipinski definition) is 12. The van der Waals surface area contributed by atoms with E-state index in [2.05, 4.69) is 26.6 Å². The second kappa shape index (κ2) is 19.8. The summed E-state index contributed by atoms with van der Waals surface area (Å²) in [5.41, 5.74) is -0.924. The number of aromatic hydroxyl groups is 2. The van der Waals surface area contributed by atoms with Gasteiger partial charge in [-0.25, -0.2) is 14.4 Å². The molecule has 2 aromatic rings. The number of alkyl carbamates (subject to hydrolysis) is 3. The summed E-state index contributed by atoms with van der Waals surface area (Å²) < 4.78 is 15.9. The van der Waals surface area contributed by atoms with Crippen molar-refractivity contribution in [2.45, 2.75) is 123 Å². The topological polar surface area (TPSA) is 254 Å². The van der Waals surface area contributed by atoms with Crippen LogP contribution in [0.5, 0.6) is 11.5 Å². The van der Waals surface area contributed by atoms with E-state index in [0.717, 1.165) is 4.90 Å². The molecule has 3 rings (SSSR count). The molecule has 0 unspecified atom stereocenters. The van der Waals surface area contributed by atoms with Crippen LogP contribution < -0.4 is 26.6 Å². The van der Waals surface area contributed by atoms with Gasteiger partial charge in [0.25, 0.3) is 0 Å². The first-order valence-electron chi connectivity index (χ1n) is 19.3. The number of carbonyl (C=O) groups is 6. The van der Waals surface area contributed by atoms with Gasteiger partial charge in [-0.05, 0) is 109 Å². The minimum absolute atomic E-state index is 0.0312. The highest BCUT2D eigenvalue weighted by molar-refractivity contribution is 5.94. The lowest BCUT2D eigenvalue weighted by molar-refractivity contribution is -0.142. The number of likely N-dealkylation sites (N-methyl/N-ethyl adjacent to an activating group) is 1. The molecule has 0 aliphatic carbocycles. The van der Waals surface area contributed by atoms with Gasteiger partial charge in [0.1, 0.15) is 46.4 Å². The maximum absolute atomic E-state index is 14.5. The van der Waals surface area contributed by atoms with Crippen LogP contribution in [0.15, 0.2) is 36.4 Å². The second-order valence-electron chi connectivity index (χ2n) is 17.3. The predicted octanol–water partition coefficient (Wildman–Crippen LogP) is 2.99. The fraction of sp³-hybridized carbons (Fsp3) is 0.561. The van der Waals surface area contributed by atoms with Gasteiger partial charge < -0.3 is 61.0 Å². The number of phenols is 2. The number of rotatable bonds is 9. The molecule has 326 valence electrons. The summed E-state index contributed by atoms with van der Waals surface area (Å²) in [6.07, 6.45) is -4.95. The van der Waals surface area contributed by atoms with Crippen LogP contribution in [0.2, 0.25) is 0 Å². The lowest BCUT2D eigenvalue weighted by Crippen LogP contribution is -2.59. The Morgan fingerprint density at radius 3 is 1.75 bits per heavy atom. The highest BCUT2D eigenvalue weighted by Crippen LogP contribution is 2.31. The molecule has 1 heterocycles. The summed E-state index contributed by atoms with van der Waals surface area (Å²) in [7, 11) is 1.31. The Hall–Kier alpha value is -5.78. The average molecular weight is 829 g/mol. The number of amides is 6. The lowest BCUT2D eigenvalue weighted by atomic mass is 9.95. The summed E-state index contributed by atoms with van der Waals surface area (Å²) >= 11 is 0. The van der Waals surface area contributed by atoms with Gasteiger partial charge in [0, 0.05) is 45.9 Å². The Labute approximate surface area is 344 Å². The number of nitrogens with zero attached hydrogens (tertiary/aromatic N) is 1. The van der Waals surface area contributed by atoms with Crippen LogP contribution in [0, 0.1) is 0 Å². The number of ether oxygens (including phenoxy) is 3. The monoisotopic (exact) mass is 828 g/mol. The SMILES string of the molecule is CN1C(=O)[C@H](C[C@@H](O)CNC(=O)OC(C)(C)C)NC(=O)[C@@H](NC(=O)OC(C)(C)C)Cc2cc(ccc2O)-c2ccc(O)c(c2)C[C@H]1C(=O)NCCNC(=O)OC(C)(C)C. The molecule has 59 heavy (non-hydrogen) atoms. The molecule has 18 heteroatoms. The average Bonchev–Trinajstić information content (AvgIpc) is 3.09. The van der Waals surface area contributed by atoms with Crippen molar-refractivity contribution in [3.8, 4) is 22.6 Å². The first kappa shape index (κ1) is 47.6. The third kappa shape index (κ3) is 15.8. The van der Waals surface area contributed by atoms with E-state index in [9.17, 15) is 44.1 Å². The Balaban J connectivity index is 2.09. The van der Waals surface area contributed by atoms with E-state index >= 15 is 0 Å². The van der Waals surface area contributed by atoms with Crippen molar-refractivity contribution in [3.63, 3.8) is 0 Å². The number of aliphatic hydroxyl groups is 1. The third-order valence-corrected chi connectivity index (χ3v) is 8.55. The summed E-state index contributed by atoms with van der Waals surface area (Å²) in [6, 6.07) is 4.94. The number of carbonyl (C=O) groups excluding carboxylic acids is 6. The molecule has 4 atom stereocenters. The summed E-state index contributed by atoms with van der Waals surface area (Å²) in [5.74, 6) is -2.82. The fourth-order valence-electron chi connectivity index (χ4n) is 5.90. The van der Waals surface area contributed by atoms with Crippen molar-refractivity contribution in [2.75, 3.05) is 26.7 Å². The molecule has 0 radical (unpaired) electrons. The predicted molar refractivity (Wildman–Crippen MR) is 216 cm³/mol. The number of aliphatic hydroxyl groups excluding tert-OH is 1. The van der Waals surface area contributed by atoms with Gasteiger partial charge in [-0.15, -0.1) is 0 Å². The van der Waals surface area contributed by atoms with Gasteiger partial charge in [0.2, 0.25) is 17.7 Å². The number of phenolic OH excluding ortho intramolecular Hbond substituents is 2. The molecule has 4 bridgehead atoms. The molecule has 2 aromatic carbocycles. The number of hydrogen-bond donors (Lipinski definition) is 8. The van der Waals surface area contributed by atoms with Crippen LogP contribution in [0.4, 0.5) is 14.4 Å². The van der Waals surface area contributed by atoms with Gasteiger partial charge in [-0.2, -0.15) is 0 Å². The third-order valence-electron chi connectivity index (χ3n) is 8.55. The molecule has 1 aliphatic rings. The quantitative estimate of drug-likeness (QED) is 0.134. The van der Waals surface area contributed by atoms with Gasteiger partial charge in [0.05, 0.1) is 6.10 Å². The van der Waals surface area contributed by atoms with Crippen LogP contribution in [-0.4, -0.2) is 124 Å². The van der Waals surface area contributed by atoms with E-state index in [1.54, 1.807) is 86.6 Å². The zero-order chi connectivity index (χ0) is 44.5. The summed E-state index contributed by atoms with van der Waals surface area (Å²) in [6.45, 7) is 14.5. The minimum Gasteiger partial charge on any atom is -0.508 e. The molecule has 0 saturated carbocycles. The van der Waals surface area contributed by atoms with Crippen molar-refractivity contribution < 1.29 is 58.3 Å². The minimum atomic E-state index is -1.57. The number of nitrogens with one attached hydrogen (secondary N) is 5.